The fourth-order valence-corrected chi connectivity index (χ4v) is 2.43. The number of nitrogens with one attached hydrogen (secondary N) is 1. The van der Waals surface area contributed by atoms with Gasteiger partial charge in [-0.1, -0.05) is 0 Å². The third kappa shape index (κ3) is 2.82. The van der Waals surface area contributed by atoms with Gasteiger partial charge < -0.3 is 9.88 Å². The standard InChI is InChI=1S/C14H14BrN5O/c1-2-19-8-10(3-4-14(19)21)16-5-11-6-18-13-7-17-12(15)9-20(11)13/h3-4,6-9,16H,2,5H2,1H3. The number of imidazole rings is 1. The summed E-state index contributed by atoms with van der Waals surface area (Å²) in [5, 5.41) is 3.30. The van der Waals surface area contributed by atoms with Crippen LogP contribution in [0.25, 0.3) is 5.65 Å². The maximum absolute atomic E-state index is 11.6. The van der Waals surface area contributed by atoms with Gasteiger partial charge in [-0.05, 0) is 28.9 Å². The number of hydrogen-bond donors (Lipinski definition) is 1. The normalized spacial score (nSPS) is 11.0. The third-order valence-electron chi connectivity index (χ3n) is 3.24. The number of nitrogens with zero attached hydrogens (tertiary/aromatic N) is 4. The highest BCUT2D eigenvalue weighted by molar-refractivity contribution is 9.10. The van der Waals surface area contributed by atoms with Crippen molar-refractivity contribution in [1.82, 2.24) is 18.9 Å². The smallest absolute Gasteiger partial charge is 0.250 e. The van der Waals surface area contributed by atoms with E-state index in [0.29, 0.717) is 13.1 Å². The first kappa shape index (κ1) is 13.8. The summed E-state index contributed by atoms with van der Waals surface area (Å²) in [6, 6.07) is 3.36. The van der Waals surface area contributed by atoms with Crippen LogP contribution in [0.2, 0.25) is 0 Å². The Morgan fingerprint density at radius 2 is 2.10 bits per heavy atom. The summed E-state index contributed by atoms with van der Waals surface area (Å²) in [5.41, 5.74) is 2.73. The second-order valence-electron chi connectivity index (χ2n) is 4.58. The van der Waals surface area contributed by atoms with E-state index in [0.717, 1.165) is 21.6 Å². The SMILES string of the molecule is CCn1cc(NCc2cnc3cnc(Br)cn23)ccc1=O. The van der Waals surface area contributed by atoms with Gasteiger partial charge in [0, 0.05) is 25.0 Å². The predicted molar refractivity (Wildman–Crippen MR) is 84.4 cm³/mol. The lowest BCUT2D eigenvalue weighted by Crippen LogP contribution is -2.18. The molecule has 3 rings (SSSR count). The van der Waals surface area contributed by atoms with E-state index in [1.807, 2.05) is 29.9 Å². The van der Waals surface area contributed by atoms with Crippen LogP contribution >= 0.6 is 15.9 Å². The number of anilines is 1. The Bertz CT molecular complexity index is 839. The predicted octanol–water partition coefficient (Wildman–Crippen LogP) is 2.29. The summed E-state index contributed by atoms with van der Waals surface area (Å²) in [5.74, 6) is 0. The van der Waals surface area contributed by atoms with E-state index >= 15 is 0 Å². The molecule has 0 amide bonds. The number of rotatable bonds is 4. The maximum Gasteiger partial charge on any atom is 0.250 e. The molecule has 3 aromatic rings. The molecule has 3 aromatic heterocycles. The van der Waals surface area contributed by atoms with E-state index < -0.39 is 0 Å². The molecule has 0 aromatic carbocycles. The number of hydrogen-bond acceptors (Lipinski definition) is 4. The Morgan fingerprint density at radius 3 is 2.90 bits per heavy atom. The summed E-state index contributed by atoms with van der Waals surface area (Å²) >= 11 is 3.36. The number of halogens is 1. The second kappa shape index (κ2) is 5.69. The Hall–Kier alpha value is -2.15. The van der Waals surface area contributed by atoms with Crippen LogP contribution in [0.4, 0.5) is 5.69 Å². The van der Waals surface area contributed by atoms with E-state index in [2.05, 4.69) is 31.2 Å². The summed E-state index contributed by atoms with van der Waals surface area (Å²) in [6.07, 6.45) is 7.23. The Morgan fingerprint density at radius 1 is 1.24 bits per heavy atom. The van der Waals surface area contributed by atoms with Crippen molar-refractivity contribution in [2.24, 2.45) is 0 Å². The summed E-state index contributed by atoms with van der Waals surface area (Å²) < 4.78 is 4.39. The first-order valence-corrected chi connectivity index (χ1v) is 7.38. The molecule has 3 heterocycles. The van der Waals surface area contributed by atoms with Crippen LogP contribution in [-0.2, 0) is 13.1 Å². The van der Waals surface area contributed by atoms with Crippen molar-refractivity contribution in [2.75, 3.05) is 5.32 Å². The van der Waals surface area contributed by atoms with Crippen LogP contribution in [0.3, 0.4) is 0 Å². The molecule has 1 N–H and O–H groups in total. The second-order valence-corrected chi connectivity index (χ2v) is 5.40. The summed E-state index contributed by atoms with van der Waals surface area (Å²) in [6.45, 7) is 3.21. The molecule has 21 heavy (non-hydrogen) atoms. The highest BCUT2D eigenvalue weighted by Crippen LogP contribution is 2.12. The van der Waals surface area contributed by atoms with Crippen LogP contribution in [-0.4, -0.2) is 18.9 Å². The Balaban J connectivity index is 1.83. The van der Waals surface area contributed by atoms with Crippen LogP contribution in [0, 0.1) is 0 Å². The molecule has 0 aliphatic rings. The molecule has 0 radical (unpaired) electrons. The van der Waals surface area contributed by atoms with E-state index in [-0.39, 0.29) is 5.56 Å². The van der Waals surface area contributed by atoms with Crippen molar-refractivity contribution < 1.29 is 0 Å². The van der Waals surface area contributed by atoms with Gasteiger partial charge in [-0.15, -0.1) is 0 Å². The summed E-state index contributed by atoms with van der Waals surface area (Å²) in [4.78, 5) is 20.0. The van der Waals surface area contributed by atoms with Crippen molar-refractivity contribution >= 4 is 27.3 Å². The van der Waals surface area contributed by atoms with Crippen molar-refractivity contribution in [2.45, 2.75) is 20.0 Å². The molecular formula is C14H14BrN5O. The van der Waals surface area contributed by atoms with Crippen molar-refractivity contribution in [3.63, 3.8) is 0 Å². The fraction of sp³-hybridized carbons (Fsp3) is 0.214. The average Bonchev–Trinajstić information content (AvgIpc) is 2.88. The van der Waals surface area contributed by atoms with Gasteiger partial charge in [-0.2, -0.15) is 0 Å². The molecular weight excluding hydrogens is 334 g/mol. The van der Waals surface area contributed by atoms with Gasteiger partial charge in [-0.25, -0.2) is 9.97 Å². The van der Waals surface area contributed by atoms with Crippen molar-refractivity contribution in [1.29, 1.82) is 0 Å². The first-order chi connectivity index (χ1) is 10.2. The quantitative estimate of drug-likeness (QED) is 0.786. The van der Waals surface area contributed by atoms with Crippen LogP contribution in [0.5, 0.6) is 0 Å². The molecule has 0 spiro atoms. The zero-order valence-electron chi connectivity index (χ0n) is 11.5. The molecule has 0 fully saturated rings. The molecule has 0 aliphatic carbocycles. The summed E-state index contributed by atoms with van der Waals surface area (Å²) in [7, 11) is 0. The van der Waals surface area contributed by atoms with E-state index in [1.165, 1.54) is 0 Å². The molecule has 6 nitrogen and oxygen atoms in total. The Kier molecular flexibility index (Phi) is 3.74. The minimum absolute atomic E-state index is 0.00728. The molecule has 0 saturated carbocycles. The maximum atomic E-state index is 11.6. The molecule has 0 saturated heterocycles. The lowest BCUT2D eigenvalue weighted by molar-refractivity contribution is 0.727. The highest BCUT2D eigenvalue weighted by Gasteiger charge is 2.04. The van der Waals surface area contributed by atoms with E-state index in [9.17, 15) is 4.79 Å². The van der Waals surface area contributed by atoms with Gasteiger partial charge in [0.15, 0.2) is 5.65 Å². The molecule has 108 valence electrons. The largest absolute Gasteiger partial charge is 0.378 e. The van der Waals surface area contributed by atoms with Crippen LogP contribution in [0.1, 0.15) is 12.6 Å². The number of aromatic nitrogens is 4. The van der Waals surface area contributed by atoms with Gasteiger partial charge >= 0.3 is 0 Å². The van der Waals surface area contributed by atoms with Gasteiger partial charge in [0.1, 0.15) is 4.60 Å². The van der Waals surface area contributed by atoms with Gasteiger partial charge in [0.05, 0.1) is 30.3 Å². The molecule has 7 heteroatoms. The average molecular weight is 348 g/mol. The monoisotopic (exact) mass is 347 g/mol. The van der Waals surface area contributed by atoms with Crippen molar-refractivity contribution in [3.05, 3.63) is 57.6 Å². The lowest BCUT2D eigenvalue weighted by Gasteiger charge is -2.09. The Labute approximate surface area is 129 Å². The number of pyridine rings is 1. The van der Waals surface area contributed by atoms with Crippen molar-refractivity contribution in [3.8, 4) is 0 Å². The zero-order valence-corrected chi connectivity index (χ0v) is 13.0. The minimum Gasteiger partial charge on any atom is -0.378 e. The third-order valence-corrected chi connectivity index (χ3v) is 3.65. The molecule has 0 aliphatic heterocycles. The van der Waals surface area contributed by atoms with Gasteiger partial charge in [-0.3, -0.25) is 9.20 Å². The molecule has 0 bridgehead atoms. The van der Waals surface area contributed by atoms with Gasteiger partial charge in [0.25, 0.3) is 5.56 Å². The highest BCUT2D eigenvalue weighted by atomic mass is 79.9. The van der Waals surface area contributed by atoms with Crippen LogP contribution < -0.4 is 10.9 Å². The molecule has 0 atom stereocenters. The lowest BCUT2D eigenvalue weighted by atomic mass is 10.3. The first-order valence-electron chi connectivity index (χ1n) is 6.59. The minimum atomic E-state index is 0.00728. The van der Waals surface area contributed by atoms with E-state index in [4.69, 9.17) is 0 Å². The van der Waals surface area contributed by atoms with E-state index in [1.54, 1.807) is 22.9 Å². The zero-order chi connectivity index (χ0) is 14.8. The topological polar surface area (TPSA) is 64.2 Å². The van der Waals surface area contributed by atoms with Gasteiger partial charge in [0.2, 0.25) is 0 Å². The fourth-order valence-electron chi connectivity index (χ4n) is 2.12. The molecule has 0 unspecified atom stereocenters. The number of fused-ring (bicyclic) bond motifs is 1. The number of aryl methyl sites for hydroxylation is 1. The van der Waals surface area contributed by atoms with Crippen LogP contribution in [0.15, 0.2) is 46.3 Å².